The first-order chi connectivity index (χ1) is 10.0. The van der Waals surface area contributed by atoms with Crippen molar-refractivity contribution in [3.63, 3.8) is 0 Å². The van der Waals surface area contributed by atoms with Crippen LogP contribution in [0, 0.1) is 5.92 Å². The van der Waals surface area contributed by atoms with Crippen LogP contribution in [0.4, 0.5) is 0 Å². The second-order valence-corrected chi connectivity index (χ2v) is 6.22. The van der Waals surface area contributed by atoms with Gasteiger partial charge in [-0.2, -0.15) is 5.10 Å². The Balaban J connectivity index is 2.12. The second-order valence-electron chi connectivity index (χ2n) is 5.37. The summed E-state index contributed by atoms with van der Waals surface area (Å²) in [7, 11) is 1.62. The van der Waals surface area contributed by atoms with Gasteiger partial charge < -0.3 is 9.84 Å². The smallest absolute Gasteiger partial charge is 0.138 e. The van der Waals surface area contributed by atoms with Gasteiger partial charge in [0, 0.05) is 13.0 Å². The molecule has 0 fully saturated rings. The Bertz CT molecular complexity index is 598. The van der Waals surface area contributed by atoms with Gasteiger partial charge in [-0.25, -0.2) is 9.67 Å². The SMILES string of the molecule is COc1ccc(C(O)Cc2ncnn2CC(C)C)cc1Br. The molecule has 1 aromatic carbocycles. The van der Waals surface area contributed by atoms with E-state index in [-0.39, 0.29) is 0 Å². The molecule has 1 aromatic heterocycles. The van der Waals surface area contributed by atoms with E-state index in [1.165, 1.54) is 6.33 Å². The lowest BCUT2D eigenvalue weighted by atomic mass is 10.1. The third-order valence-electron chi connectivity index (χ3n) is 3.17. The number of halogens is 1. The molecule has 0 amide bonds. The number of aliphatic hydroxyl groups excluding tert-OH is 1. The highest BCUT2D eigenvalue weighted by atomic mass is 79.9. The number of benzene rings is 1. The monoisotopic (exact) mass is 353 g/mol. The summed E-state index contributed by atoms with van der Waals surface area (Å²) in [6.07, 6.45) is 1.35. The van der Waals surface area contributed by atoms with Crippen molar-refractivity contribution in [1.82, 2.24) is 14.8 Å². The van der Waals surface area contributed by atoms with Gasteiger partial charge in [0.25, 0.3) is 0 Å². The number of nitrogens with zero attached hydrogens (tertiary/aromatic N) is 3. The fourth-order valence-electron chi connectivity index (χ4n) is 2.13. The standard InChI is InChI=1S/C15H20BrN3O2/c1-10(2)8-19-15(17-9-18-19)7-13(20)11-4-5-14(21-3)12(16)6-11/h4-6,9-10,13,20H,7-8H2,1-3H3. The molecule has 0 bridgehead atoms. The van der Waals surface area contributed by atoms with Crippen molar-refractivity contribution in [1.29, 1.82) is 0 Å². The van der Waals surface area contributed by atoms with Gasteiger partial charge in [0.05, 0.1) is 17.7 Å². The second kappa shape index (κ2) is 7.04. The first-order valence-corrected chi connectivity index (χ1v) is 7.68. The van der Waals surface area contributed by atoms with Crippen LogP contribution in [0.3, 0.4) is 0 Å². The molecular weight excluding hydrogens is 334 g/mol. The van der Waals surface area contributed by atoms with Crippen LogP contribution >= 0.6 is 15.9 Å². The molecular formula is C15H20BrN3O2. The fraction of sp³-hybridized carbons (Fsp3) is 0.467. The molecule has 1 heterocycles. The largest absolute Gasteiger partial charge is 0.496 e. The maximum Gasteiger partial charge on any atom is 0.138 e. The zero-order chi connectivity index (χ0) is 15.4. The Labute approximate surface area is 133 Å². The molecule has 0 radical (unpaired) electrons. The lowest BCUT2D eigenvalue weighted by Gasteiger charge is -2.14. The number of rotatable bonds is 6. The van der Waals surface area contributed by atoms with E-state index in [9.17, 15) is 5.11 Å². The summed E-state index contributed by atoms with van der Waals surface area (Å²) in [5.74, 6) is 2.02. The molecule has 0 aliphatic heterocycles. The van der Waals surface area contributed by atoms with Crippen molar-refractivity contribution < 1.29 is 9.84 Å². The van der Waals surface area contributed by atoms with Crippen molar-refractivity contribution in [2.24, 2.45) is 5.92 Å². The van der Waals surface area contributed by atoms with Crippen molar-refractivity contribution in [3.8, 4) is 5.75 Å². The molecule has 1 atom stereocenters. The van der Waals surface area contributed by atoms with E-state index in [0.717, 1.165) is 28.2 Å². The highest BCUT2D eigenvalue weighted by molar-refractivity contribution is 9.10. The van der Waals surface area contributed by atoms with E-state index in [4.69, 9.17) is 4.74 Å². The quantitative estimate of drug-likeness (QED) is 0.867. The van der Waals surface area contributed by atoms with E-state index in [1.54, 1.807) is 7.11 Å². The molecule has 1 unspecified atom stereocenters. The van der Waals surface area contributed by atoms with Crippen LogP contribution < -0.4 is 4.74 Å². The molecule has 2 aromatic rings. The van der Waals surface area contributed by atoms with Gasteiger partial charge in [0.2, 0.25) is 0 Å². The first kappa shape index (κ1) is 16.0. The minimum absolute atomic E-state index is 0.436. The van der Waals surface area contributed by atoms with E-state index in [2.05, 4.69) is 39.9 Å². The summed E-state index contributed by atoms with van der Waals surface area (Å²) < 4.78 is 7.87. The van der Waals surface area contributed by atoms with Crippen LogP contribution in [0.25, 0.3) is 0 Å². The average molecular weight is 354 g/mol. The maximum absolute atomic E-state index is 10.4. The van der Waals surface area contributed by atoms with Crippen LogP contribution in [0.15, 0.2) is 29.0 Å². The predicted octanol–water partition coefficient (Wildman–Crippen LogP) is 2.98. The lowest BCUT2D eigenvalue weighted by molar-refractivity contribution is 0.173. The summed E-state index contributed by atoms with van der Waals surface area (Å²) in [5, 5.41) is 14.6. The summed E-state index contributed by atoms with van der Waals surface area (Å²) in [5.41, 5.74) is 0.821. The fourth-order valence-corrected chi connectivity index (χ4v) is 2.68. The third-order valence-corrected chi connectivity index (χ3v) is 3.79. The Morgan fingerprint density at radius 3 is 2.76 bits per heavy atom. The van der Waals surface area contributed by atoms with Gasteiger partial charge in [-0.1, -0.05) is 19.9 Å². The zero-order valence-electron chi connectivity index (χ0n) is 12.5. The number of ether oxygens (including phenoxy) is 1. The molecule has 0 saturated carbocycles. The van der Waals surface area contributed by atoms with E-state index in [1.807, 2.05) is 22.9 Å². The van der Waals surface area contributed by atoms with Crippen LogP contribution in [0.5, 0.6) is 5.75 Å². The maximum atomic E-state index is 10.4. The first-order valence-electron chi connectivity index (χ1n) is 6.89. The van der Waals surface area contributed by atoms with Crippen LogP contribution in [0.1, 0.15) is 31.3 Å². The van der Waals surface area contributed by atoms with Crippen molar-refractivity contribution in [2.75, 3.05) is 7.11 Å². The number of aromatic nitrogens is 3. The molecule has 1 N–H and O–H groups in total. The number of hydrogen-bond acceptors (Lipinski definition) is 4. The van der Waals surface area contributed by atoms with Crippen LogP contribution in [0.2, 0.25) is 0 Å². The Morgan fingerprint density at radius 2 is 2.14 bits per heavy atom. The third kappa shape index (κ3) is 4.04. The van der Waals surface area contributed by atoms with Crippen molar-refractivity contribution in [2.45, 2.75) is 32.9 Å². The van der Waals surface area contributed by atoms with E-state index < -0.39 is 6.10 Å². The summed E-state index contributed by atoms with van der Waals surface area (Å²) in [4.78, 5) is 4.25. The molecule has 5 nitrogen and oxygen atoms in total. The van der Waals surface area contributed by atoms with Crippen LogP contribution in [-0.2, 0) is 13.0 Å². The highest BCUT2D eigenvalue weighted by Crippen LogP contribution is 2.29. The van der Waals surface area contributed by atoms with Gasteiger partial charge in [-0.3, -0.25) is 0 Å². The van der Waals surface area contributed by atoms with Crippen molar-refractivity contribution >= 4 is 15.9 Å². The molecule has 21 heavy (non-hydrogen) atoms. The van der Waals surface area contributed by atoms with E-state index in [0.29, 0.717) is 12.3 Å². The van der Waals surface area contributed by atoms with Crippen LogP contribution in [-0.4, -0.2) is 27.0 Å². The summed E-state index contributed by atoms with van der Waals surface area (Å²) in [6.45, 7) is 5.05. The van der Waals surface area contributed by atoms with Crippen molar-refractivity contribution in [3.05, 3.63) is 40.4 Å². The number of methoxy groups -OCH3 is 1. The zero-order valence-corrected chi connectivity index (χ0v) is 14.0. The predicted molar refractivity (Wildman–Crippen MR) is 84.2 cm³/mol. The van der Waals surface area contributed by atoms with Gasteiger partial charge in [-0.15, -0.1) is 0 Å². The Hall–Kier alpha value is -1.40. The molecule has 0 aliphatic rings. The van der Waals surface area contributed by atoms with Gasteiger partial charge >= 0.3 is 0 Å². The lowest BCUT2D eigenvalue weighted by Crippen LogP contribution is -2.13. The Kier molecular flexibility index (Phi) is 5.36. The Morgan fingerprint density at radius 1 is 1.38 bits per heavy atom. The molecule has 0 saturated heterocycles. The summed E-state index contributed by atoms with van der Waals surface area (Å²) >= 11 is 3.43. The van der Waals surface area contributed by atoms with Gasteiger partial charge in [0.15, 0.2) is 0 Å². The number of aliphatic hydroxyl groups is 1. The molecule has 6 heteroatoms. The van der Waals surface area contributed by atoms with E-state index >= 15 is 0 Å². The minimum Gasteiger partial charge on any atom is -0.496 e. The minimum atomic E-state index is -0.623. The summed E-state index contributed by atoms with van der Waals surface area (Å²) in [6, 6.07) is 5.56. The van der Waals surface area contributed by atoms with Gasteiger partial charge in [-0.05, 0) is 39.5 Å². The average Bonchev–Trinajstić information content (AvgIpc) is 2.85. The normalized spacial score (nSPS) is 12.7. The molecule has 0 aliphatic carbocycles. The molecule has 2 rings (SSSR count). The molecule has 0 spiro atoms. The molecule has 114 valence electrons. The highest BCUT2D eigenvalue weighted by Gasteiger charge is 2.15. The van der Waals surface area contributed by atoms with Gasteiger partial charge in [0.1, 0.15) is 17.9 Å². The number of hydrogen-bond donors (Lipinski definition) is 1. The topological polar surface area (TPSA) is 60.2 Å².